The highest BCUT2D eigenvalue weighted by molar-refractivity contribution is 7.15. The molecule has 1 aliphatic rings. The van der Waals surface area contributed by atoms with Gasteiger partial charge in [-0.1, -0.05) is 24.2 Å². The molecule has 0 saturated carbocycles. The molecule has 3 heterocycles. The quantitative estimate of drug-likeness (QED) is 0.472. The van der Waals surface area contributed by atoms with Gasteiger partial charge in [-0.25, -0.2) is 4.39 Å². The molecule has 0 radical (unpaired) electrons. The van der Waals surface area contributed by atoms with Crippen molar-refractivity contribution in [1.82, 2.24) is 19.9 Å². The van der Waals surface area contributed by atoms with Crippen molar-refractivity contribution in [1.29, 1.82) is 0 Å². The Morgan fingerprint density at radius 3 is 2.78 bits per heavy atom. The van der Waals surface area contributed by atoms with Gasteiger partial charge < -0.3 is 9.42 Å². The van der Waals surface area contributed by atoms with Gasteiger partial charge in [0.25, 0.3) is 0 Å². The third-order valence-corrected chi connectivity index (χ3v) is 6.76. The van der Waals surface area contributed by atoms with Crippen LogP contribution in [0.15, 0.2) is 40.9 Å². The van der Waals surface area contributed by atoms with Crippen LogP contribution in [0.2, 0.25) is 0 Å². The van der Waals surface area contributed by atoms with Crippen LogP contribution in [0, 0.1) is 5.82 Å². The van der Waals surface area contributed by atoms with Crippen LogP contribution in [0.4, 0.5) is 4.39 Å². The number of aryl methyl sites for hydroxylation is 2. The minimum atomic E-state index is -0.212. The third-order valence-electron chi connectivity index (χ3n) is 5.64. The van der Waals surface area contributed by atoms with Crippen LogP contribution in [0.3, 0.4) is 0 Å². The maximum atomic E-state index is 13.5. The number of piperazine rings is 1. The van der Waals surface area contributed by atoms with Gasteiger partial charge in [0.15, 0.2) is 5.82 Å². The van der Waals surface area contributed by atoms with E-state index < -0.39 is 0 Å². The predicted molar refractivity (Wildman–Crippen MR) is 123 cm³/mol. The van der Waals surface area contributed by atoms with Crippen molar-refractivity contribution in [3.63, 3.8) is 0 Å². The topological polar surface area (TPSA) is 62.5 Å². The van der Waals surface area contributed by atoms with Gasteiger partial charge in [0.05, 0.1) is 0 Å². The van der Waals surface area contributed by atoms with Crippen molar-refractivity contribution in [3.05, 3.63) is 58.8 Å². The molecule has 0 atom stereocenters. The van der Waals surface area contributed by atoms with Crippen LogP contribution in [0.5, 0.6) is 0 Å². The number of halogens is 1. The van der Waals surface area contributed by atoms with Crippen LogP contribution in [0.25, 0.3) is 10.4 Å². The molecule has 170 valence electrons. The molecular formula is C24H29FN4O2S. The highest BCUT2D eigenvalue weighted by atomic mass is 32.1. The highest BCUT2D eigenvalue weighted by Gasteiger charge is 2.21. The van der Waals surface area contributed by atoms with Crippen molar-refractivity contribution < 1.29 is 13.7 Å². The molecule has 2 aromatic heterocycles. The molecule has 1 amide bonds. The van der Waals surface area contributed by atoms with Crippen LogP contribution in [-0.2, 0) is 24.2 Å². The fraction of sp³-hybridized carbons (Fsp3) is 0.458. The smallest absolute Gasteiger partial charge is 0.226 e. The predicted octanol–water partition coefficient (Wildman–Crippen LogP) is 4.56. The molecular weight excluding hydrogens is 427 g/mol. The number of amides is 1. The summed E-state index contributed by atoms with van der Waals surface area (Å²) in [4.78, 5) is 23.6. The first-order valence-corrected chi connectivity index (χ1v) is 12.1. The van der Waals surface area contributed by atoms with E-state index in [9.17, 15) is 9.18 Å². The van der Waals surface area contributed by atoms with Gasteiger partial charge in [0, 0.05) is 61.7 Å². The minimum Gasteiger partial charge on any atom is -0.340 e. The Kier molecular flexibility index (Phi) is 7.65. The number of hydrogen-bond donors (Lipinski definition) is 0. The van der Waals surface area contributed by atoms with Crippen LogP contribution in [-0.4, -0.2) is 52.0 Å². The molecule has 32 heavy (non-hydrogen) atoms. The number of rotatable bonds is 9. The van der Waals surface area contributed by atoms with E-state index in [1.807, 2.05) is 11.0 Å². The molecule has 0 unspecified atom stereocenters. The monoisotopic (exact) mass is 456 g/mol. The number of carbonyl (C=O) groups excluding carboxylic acids is 1. The third kappa shape index (κ3) is 6.01. The molecule has 1 aliphatic heterocycles. The summed E-state index contributed by atoms with van der Waals surface area (Å²) in [5, 5.41) is 3.96. The molecule has 1 saturated heterocycles. The minimum absolute atomic E-state index is 0.197. The van der Waals surface area contributed by atoms with E-state index in [1.165, 1.54) is 10.9 Å². The molecule has 1 fully saturated rings. The number of hydrogen-bond acceptors (Lipinski definition) is 6. The number of benzene rings is 1. The van der Waals surface area contributed by atoms with Gasteiger partial charge in [-0.05, 0) is 42.7 Å². The fourth-order valence-corrected chi connectivity index (χ4v) is 4.95. The zero-order valence-electron chi connectivity index (χ0n) is 18.4. The van der Waals surface area contributed by atoms with Crippen LogP contribution >= 0.6 is 11.3 Å². The molecule has 4 rings (SSSR count). The van der Waals surface area contributed by atoms with Crippen molar-refractivity contribution in [3.8, 4) is 10.4 Å². The Hall–Kier alpha value is -2.58. The zero-order valence-corrected chi connectivity index (χ0v) is 19.2. The standard InChI is InChI=1S/C24H29FN4O2S/c1-2-5-22-26-23(31-27-22)8-4-9-24(30)29-14-12-28(13-15-29)17-20-10-11-21(32-20)18-6-3-7-19(25)16-18/h3,6-7,10-11,16H,2,4-5,8-9,12-15,17H2,1H3. The van der Waals surface area contributed by atoms with Crippen molar-refractivity contribution in [2.75, 3.05) is 26.2 Å². The number of carbonyl (C=O) groups is 1. The van der Waals surface area contributed by atoms with Crippen molar-refractivity contribution in [2.45, 2.75) is 45.6 Å². The van der Waals surface area contributed by atoms with E-state index in [0.717, 1.165) is 68.3 Å². The van der Waals surface area contributed by atoms with E-state index in [1.54, 1.807) is 23.5 Å². The van der Waals surface area contributed by atoms with Gasteiger partial charge in [0.2, 0.25) is 11.8 Å². The Bertz CT molecular complexity index is 1030. The van der Waals surface area contributed by atoms with Gasteiger partial charge in [-0.3, -0.25) is 9.69 Å². The second-order valence-corrected chi connectivity index (χ2v) is 9.31. The number of nitrogens with zero attached hydrogens (tertiary/aromatic N) is 4. The summed E-state index contributed by atoms with van der Waals surface area (Å²) >= 11 is 1.70. The molecule has 1 aromatic carbocycles. The summed E-state index contributed by atoms with van der Waals surface area (Å²) in [6, 6.07) is 10.9. The van der Waals surface area contributed by atoms with E-state index >= 15 is 0 Å². The molecule has 8 heteroatoms. The molecule has 0 aliphatic carbocycles. The number of thiophene rings is 1. The van der Waals surface area contributed by atoms with E-state index in [0.29, 0.717) is 18.7 Å². The Balaban J connectivity index is 1.19. The second kappa shape index (κ2) is 10.8. The average Bonchev–Trinajstić information content (AvgIpc) is 3.44. The molecule has 3 aromatic rings. The largest absolute Gasteiger partial charge is 0.340 e. The van der Waals surface area contributed by atoms with Gasteiger partial charge >= 0.3 is 0 Å². The first kappa shape index (κ1) is 22.6. The lowest BCUT2D eigenvalue weighted by atomic mass is 10.2. The molecule has 0 N–H and O–H groups in total. The first-order chi connectivity index (χ1) is 15.6. The summed E-state index contributed by atoms with van der Waals surface area (Å²) in [5.74, 6) is 1.36. The molecule has 0 spiro atoms. The normalized spacial score (nSPS) is 14.8. The summed E-state index contributed by atoms with van der Waals surface area (Å²) in [6.07, 6.45) is 3.70. The SMILES string of the molecule is CCCc1noc(CCCC(=O)N2CCN(Cc3ccc(-c4cccc(F)c4)s3)CC2)n1. The van der Waals surface area contributed by atoms with Crippen LogP contribution in [0.1, 0.15) is 42.8 Å². The lowest BCUT2D eigenvalue weighted by Gasteiger charge is -2.34. The highest BCUT2D eigenvalue weighted by Crippen LogP contribution is 2.29. The number of aromatic nitrogens is 2. The average molecular weight is 457 g/mol. The van der Waals surface area contributed by atoms with E-state index in [2.05, 4.69) is 34.1 Å². The van der Waals surface area contributed by atoms with Gasteiger partial charge in [-0.2, -0.15) is 4.98 Å². The van der Waals surface area contributed by atoms with E-state index in [-0.39, 0.29) is 11.7 Å². The fourth-order valence-electron chi connectivity index (χ4n) is 3.90. The van der Waals surface area contributed by atoms with Crippen molar-refractivity contribution >= 4 is 17.2 Å². The van der Waals surface area contributed by atoms with Gasteiger partial charge in [0.1, 0.15) is 5.82 Å². The summed E-state index contributed by atoms with van der Waals surface area (Å²) in [6.45, 7) is 6.18. The summed E-state index contributed by atoms with van der Waals surface area (Å²) < 4.78 is 18.7. The Morgan fingerprint density at radius 1 is 1.16 bits per heavy atom. The summed E-state index contributed by atoms with van der Waals surface area (Å²) in [5.41, 5.74) is 0.916. The lowest BCUT2D eigenvalue weighted by Crippen LogP contribution is -2.48. The van der Waals surface area contributed by atoms with Crippen molar-refractivity contribution in [2.24, 2.45) is 0 Å². The first-order valence-electron chi connectivity index (χ1n) is 11.3. The lowest BCUT2D eigenvalue weighted by molar-refractivity contribution is -0.133. The maximum Gasteiger partial charge on any atom is 0.226 e. The summed E-state index contributed by atoms with van der Waals surface area (Å²) in [7, 11) is 0. The van der Waals surface area contributed by atoms with E-state index in [4.69, 9.17) is 4.52 Å². The second-order valence-electron chi connectivity index (χ2n) is 8.14. The van der Waals surface area contributed by atoms with Crippen LogP contribution < -0.4 is 0 Å². The molecule has 6 nitrogen and oxygen atoms in total. The van der Waals surface area contributed by atoms with Gasteiger partial charge in [-0.15, -0.1) is 11.3 Å². The molecule has 0 bridgehead atoms. The zero-order chi connectivity index (χ0) is 22.3. The Morgan fingerprint density at radius 2 is 2.00 bits per heavy atom. The maximum absolute atomic E-state index is 13.5. The Labute approximate surface area is 192 Å².